The third-order valence-electron chi connectivity index (χ3n) is 2.90. The number of amides is 1. The van der Waals surface area contributed by atoms with Gasteiger partial charge in [-0.3, -0.25) is 4.79 Å². The summed E-state index contributed by atoms with van der Waals surface area (Å²) in [7, 11) is 1.61. The third-order valence-corrected chi connectivity index (χ3v) is 4.27. The van der Waals surface area contributed by atoms with Crippen LogP contribution in [-0.2, 0) is 17.8 Å². The van der Waals surface area contributed by atoms with Crippen LogP contribution in [0.15, 0.2) is 24.3 Å². The van der Waals surface area contributed by atoms with Crippen molar-refractivity contribution in [1.82, 2.24) is 10.3 Å². The molecule has 6 heteroatoms. The van der Waals surface area contributed by atoms with E-state index >= 15 is 0 Å². The number of carbonyl (C=O) groups is 1. The van der Waals surface area contributed by atoms with Crippen molar-refractivity contribution in [2.24, 2.45) is 0 Å². The Bertz CT molecular complexity index is 628. The average Bonchev–Trinajstić information content (AvgIpc) is 2.80. The van der Waals surface area contributed by atoms with Crippen LogP contribution in [0.2, 0.25) is 5.02 Å². The Morgan fingerprint density at radius 2 is 2.29 bits per heavy atom. The minimum atomic E-state index is -0.0885. The Morgan fingerprint density at radius 1 is 1.48 bits per heavy atom. The molecule has 0 unspecified atom stereocenters. The van der Waals surface area contributed by atoms with Crippen molar-refractivity contribution < 1.29 is 9.53 Å². The van der Waals surface area contributed by atoms with Crippen molar-refractivity contribution in [3.63, 3.8) is 0 Å². The molecule has 0 atom stereocenters. The SMILES string of the molecule is COCc1nc(C)c(C(=O)NCCc2cccc(Cl)c2)s1. The highest BCUT2D eigenvalue weighted by molar-refractivity contribution is 7.13. The molecule has 2 aromatic rings. The van der Waals surface area contributed by atoms with E-state index in [1.807, 2.05) is 31.2 Å². The molecular formula is C15H17ClN2O2S. The molecule has 0 saturated heterocycles. The first kappa shape index (κ1) is 15.9. The second kappa shape index (κ2) is 7.54. The molecule has 0 bridgehead atoms. The van der Waals surface area contributed by atoms with E-state index in [0.717, 1.165) is 22.7 Å². The molecule has 0 aliphatic heterocycles. The van der Waals surface area contributed by atoms with Crippen LogP contribution >= 0.6 is 22.9 Å². The van der Waals surface area contributed by atoms with Crippen LogP contribution < -0.4 is 5.32 Å². The monoisotopic (exact) mass is 324 g/mol. The molecular weight excluding hydrogens is 308 g/mol. The van der Waals surface area contributed by atoms with Gasteiger partial charge in [0.05, 0.1) is 12.3 Å². The minimum Gasteiger partial charge on any atom is -0.378 e. The number of nitrogens with zero attached hydrogens (tertiary/aromatic N) is 1. The fraction of sp³-hybridized carbons (Fsp3) is 0.333. The summed E-state index contributed by atoms with van der Waals surface area (Å²) >= 11 is 7.30. The van der Waals surface area contributed by atoms with E-state index < -0.39 is 0 Å². The van der Waals surface area contributed by atoms with Crippen molar-refractivity contribution in [3.05, 3.63) is 50.4 Å². The molecule has 2 rings (SSSR count). The topological polar surface area (TPSA) is 51.2 Å². The van der Waals surface area contributed by atoms with E-state index in [1.54, 1.807) is 7.11 Å². The predicted octanol–water partition coefficient (Wildman–Crippen LogP) is 3.22. The molecule has 0 radical (unpaired) electrons. The van der Waals surface area contributed by atoms with Crippen LogP contribution in [0.25, 0.3) is 0 Å². The molecule has 21 heavy (non-hydrogen) atoms. The van der Waals surface area contributed by atoms with Crippen LogP contribution in [0.1, 0.15) is 25.9 Å². The highest BCUT2D eigenvalue weighted by Crippen LogP contribution is 2.18. The van der Waals surface area contributed by atoms with Crippen LogP contribution in [-0.4, -0.2) is 24.5 Å². The number of hydrogen-bond donors (Lipinski definition) is 1. The van der Waals surface area contributed by atoms with Gasteiger partial charge < -0.3 is 10.1 Å². The molecule has 4 nitrogen and oxygen atoms in total. The first-order valence-corrected chi connectivity index (χ1v) is 7.77. The third kappa shape index (κ3) is 4.52. The summed E-state index contributed by atoms with van der Waals surface area (Å²) in [4.78, 5) is 17.1. The number of thiazole rings is 1. The van der Waals surface area contributed by atoms with E-state index in [0.29, 0.717) is 23.1 Å². The molecule has 0 spiro atoms. The summed E-state index contributed by atoms with van der Waals surface area (Å²) in [5, 5.41) is 4.44. The summed E-state index contributed by atoms with van der Waals surface area (Å²) in [5.74, 6) is -0.0885. The van der Waals surface area contributed by atoms with Gasteiger partial charge in [0.15, 0.2) is 0 Å². The largest absolute Gasteiger partial charge is 0.378 e. The summed E-state index contributed by atoms with van der Waals surface area (Å²) in [6, 6.07) is 7.64. The van der Waals surface area contributed by atoms with Crippen molar-refractivity contribution >= 4 is 28.8 Å². The molecule has 1 N–H and O–H groups in total. The van der Waals surface area contributed by atoms with Crippen LogP contribution in [0, 0.1) is 6.92 Å². The lowest BCUT2D eigenvalue weighted by molar-refractivity contribution is 0.0957. The maximum absolute atomic E-state index is 12.1. The Morgan fingerprint density at radius 3 is 3.00 bits per heavy atom. The molecule has 1 aromatic carbocycles. The van der Waals surface area contributed by atoms with Gasteiger partial charge in [-0.2, -0.15) is 0 Å². The van der Waals surface area contributed by atoms with Gasteiger partial charge in [0.1, 0.15) is 9.88 Å². The van der Waals surface area contributed by atoms with Crippen molar-refractivity contribution in [3.8, 4) is 0 Å². The lowest BCUT2D eigenvalue weighted by Crippen LogP contribution is -2.25. The molecule has 0 aliphatic carbocycles. The van der Waals surface area contributed by atoms with Crippen LogP contribution in [0.4, 0.5) is 0 Å². The minimum absolute atomic E-state index is 0.0885. The molecule has 112 valence electrons. The molecule has 0 fully saturated rings. The highest BCUT2D eigenvalue weighted by Gasteiger charge is 2.14. The number of hydrogen-bond acceptors (Lipinski definition) is 4. The van der Waals surface area contributed by atoms with E-state index in [1.165, 1.54) is 11.3 Å². The molecule has 1 aromatic heterocycles. The zero-order valence-electron chi connectivity index (χ0n) is 12.0. The summed E-state index contributed by atoms with van der Waals surface area (Å²) in [6.07, 6.45) is 0.745. The predicted molar refractivity (Wildman–Crippen MR) is 85.1 cm³/mol. The summed E-state index contributed by atoms with van der Waals surface area (Å²) < 4.78 is 5.03. The summed E-state index contributed by atoms with van der Waals surface area (Å²) in [5.41, 5.74) is 1.84. The van der Waals surface area contributed by atoms with Crippen LogP contribution in [0.3, 0.4) is 0 Å². The standard InChI is InChI=1S/C15H17ClN2O2S/c1-10-14(21-13(18-10)9-20-2)15(19)17-7-6-11-4-3-5-12(16)8-11/h3-5,8H,6-7,9H2,1-2H3,(H,17,19). The van der Waals surface area contributed by atoms with Gasteiger partial charge in [-0.15, -0.1) is 11.3 Å². The number of rotatable bonds is 6. The van der Waals surface area contributed by atoms with Gasteiger partial charge in [-0.25, -0.2) is 4.98 Å². The van der Waals surface area contributed by atoms with E-state index in [-0.39, 0.29) is 5.91 Å². The quantitative estimate of drug-likeness (QED) is 0.887. The van der Waals surface area contributed by atoms with Gasteiger partial charge in [0, 0.05) is 18.7 Å². The zero-order valence-corrected chi connectivity index (χ0v) is 13.6. The van der Waals surface area contributed by atoms with Gasteiger partial charge in [-0.05, 0) is 31.0 Å². The number of aryl methyl sites for hydroxylation is 1. The number of nitrogens with one attached hydrogen (secondary N) is 1. The zero-order chi connectivity index (χ0) is 15.2. The van der Waals surface area contributed by atoms with Gasteiger partial charge in [-0.1, -0.05) is 23.7 Å². The maximum atomic E-state index is 12.1. The fourth-order valence-electron chi connectivity index (χ4n) is 1.94. The maximum Gasteiger partial charge on any atom is 0.263 e. The summed E-state index contributed by atoms with van der Waals surface area (Å²) in [6.45, 7) is 2.83. The lowest BCUT2D eigenvalue weighted by Gasteiger charge is -2.04. The van der Waals surface area contributed by atoms with Crippen molar-refractivity contribution in [1.29, 1.82) is 0 Å². The Kier molecular flexibility index (Phi) is 5.73. The van der Waals surface area contributed by atoms with Gasteiger partial charge >= 0.3 is 0 Å². The van der Waals surface area contributed by atoms with Gasteiger partial charge in [0.25, 0.3) is 5.91 Å². The number of benzene rings is 1. The van der Waals surface area contributed by atoms with Crippen molar-refractivity contribution in [2.45, 2.75) is 20.0 Å². The molecule has 0 aliphatic rings. The number of aromatic nitrogens is 1. The second-order valence-electron chi connectivity index (χ2n) is 4.59. The number of ether oxygens (including phenoxy) is 1. The number of halogens is 1. The normalized spacial score (nSPS) is 10.6. The first-order chi connectivity index (χ1) is 10.1. The van der Waals surface area contributed by atoms with E-state index in [9.17, 15) is 4.79 Å². The Hall–Kier alpha value is -1.43. The molecule has 0 saturated carbocycles. The average molecular weight is 325 g/mol. The fourth-order valence-corrected chi connectivity index (χ4v) is 3.11. The second-order valence-corrected chi connectivity index (χ2v) is 6.11. The van der Waals surface area contributed by atoms with E-state index in [2.05, 4.69) is 10.3 Å². The number of carbonyl (C=O) groups excluding carboxylic acids is 1. The highest BCUT2D eigenvalue weighted by atomic mass is 35.5. The number of methoxy groups -OCH3 is 1. The molecule has 1 amide bonds. The Labute approximate surface area is 133 Å². The Balaban J connectivity index is 1.90. The first-order valence-electron chi connectivity index (χ1n) is 6.58. The van der Waals surface area contributed by atoms with Crippen molar-refractivity contribution in [2.75, 3.05) is 13.7 Å². The molecule has 1 heterocycles. The van der Waals surface area contributed by atoms with Crippen LogP contribution in [0.5, 0.6) is 0 Å². The lowest BCUT2D eigenvalue weighted by atomic mass is 10.1. The van der Waals surface area contributed by atoms with E-state index in [4.69, 9.17) is 16.3 Å². The van der Waals surface area contributed by atoms with Gasteiger partial charge in [0.2, 0.25) is 0 Å². The smallest absolute Gasteiger partial charge is 0.263 e.